The molecule has 1 heterocycles. The van der Waals surface area contributed by atoms with Crippen molar-refractivity contribution in [2.75, 3.05) is 6.54 Å². The fourth-order valence-electron chi connectivity index (χ4n) is 1.45. The van der Waals surface area contributed by atoms with Crippen LogP contribution in [-0.4, -0.2) is 39.5 Å². The van der Waals surface area contributed by atoms with Gasteiger partial charge in [0.2, 0.25) is 0 Å². The smallest absolute Gasteiger partial charge is 0.326 e. The van der Waals surface area contributed by atoms with Gasteiger partial charge in [0, 0.05) is 26.2 Å². The van der Waals surface area contributed by atoms with Crippen molar-refractivity contribution in [1.29, 1.82) is 0 Å². The quantitative estimate of drug-likeness (QED) is 0.672. The Morgan fingerprint density at radius 1 is 1.56 bits per heavy atom. The minimum Gasteiger partial charge on any atom is -0.480 e. The van der Waals surface area contributed by atoms with Gasteiger partial charge in [-0.2, -0.15) is 5.10 Å². The van der Waals surface area contributed by atoms with Crippen LogP contribution < -0.4 is 10.6 Å². The van der Waals surface area contributed by atoms with Gasteiger partial charge in [-0.25, -0.2) is 9.59 Å². The van der Waals surface area contributed by atoms with Gasteiger partial charge in [-0.05, 0) is 12.5 Å². The molecule has 0 saturated carbocycles. The van der Waals surface area contributed by atoms with E-state index in [1.807, 2.05) is 19.3 Å². The van der Waals surface area contributed by atoms with Crippen LogP contribution in [0.5, 0.6) is 0 Å². The Balaban J connectivity index is 2.26. The Labute approximate surface area is 105 Å². The summed E-state index contributed by atoms with van der Waals surface area (Å²) in [6, 6.07) is 0.547. The molecule has 1 aromatic heterocycles. The van der Waals surface area contributed by atoms with Gasteiger partial charge in [0.05, 0.1) is 5.69 Å². The number of rotatable bonds is 6. The number of carbonyl (C=O) groups excluding carboxylic acids is 1. The Kier molecular flexibility index (Phi) is 5.16. The summed E-state index contributed by atoms with van der Waals surface area (Å²) in [5.41, 5.74) is 0.878. The van der Waals surface area contributed by atoms with E-state index in [2.05, 4.69) is 15.7 Å². The summed E-state index contributed by atoms with van der Waals surface area (Å²) in [5.74, 6) is -1.03. The minimum absolute atomic E-state index is 0.350. The zero-order valence-electron chi connectivity index (χ0n) is 10.5. The Bertz CT molecular complexity index is 416. The summed E-state index contributed by atoms with van der Waals surface area (Å²) in [5, 5.41) is 17.9. The predicted molar refractivity (Wildman–Crippen MR) is 65.2 cm³/mol. The van der Waals surface area contributed by atoms with Gasteiger partial charge in [0.25, 0.3) is 0 Å². The van der Waals surface area contributed by atoms with Gasteiger partial charge in [-0.3, -0.25) is 4.68 Å². The number of urea groups is 1. The monoisotopic (exact) mass is 254 g/mol. The molecule has 1 atom stereocenters. The average molecular weight is 254 g/mol. The first-order valence-corrected chi connectivity index (χ1v) is 5.78. The maximum absolute atomic E-state index is 11.4. The Morgan fingerprint density at radius 2 is 2.28 bits per heavy atom. The van der Waals surface area contributed by atoms with E-state index in [0.29, 0.717) is 19.4 Å². The van der Waals surface area contributed by atoms with Crippen LogP contribution in [-0.2, 0) is 18.3 Å². The molecule has 0 aliphatic heterocycles. The van der Waals surface area contributed by atoms with Crippen molar-refractivity contribution in [2.45, 2.75) is 25.8 Å². The topological polar surface area (TPSA) is 96.3 Å². The Hall–Kier alpha value is -2.05. The summed E-state index contributed by atoms with van der Waals surface area (Å²) in [6.07, 6.45) is 2.79. The molecule has 1 aromatic rings. The van der Waals surface area contributed by atoms with E-state index < -0.39 is 18.0 Å². The molecule has 3 N–H and O–H groups in total. The fourth-order valence-corrected chi connectivity index (χ4v) is 1.45. The predicted octanol–water partition coefficient (Wildman–Crippen LogP) is 0.125. The molecule has 0 spiro atoms. The number of carbonyl (C=O) groups is 2. The normalized spacial score (nSPS) is 11.9. The van der Waals surface area contributed by atoms with Gasteiger partial charge in [0.1, 0.15) is 6.04 Å². The Morgan fingerprint density at radius 3 is 2.78 bits per heavy atom. The number of aromatic nitrogens is 2. The van der Waals surface area contributed by atoms with E-state index in [1.165, 1.54) is 0 Å². The maximum atomic E-state index is 11.4. The lowest BCUT2D eigenvalue weighted by atomic mass is 10.2. The first kappa shape index (κ1) is 14.0. The molecular formula is C11H18N4O3. The SMILES string of the molecule is CC[C@H](NC(=O)NCCc1ccn(C)n1)C(=O)O. The van der Waals surface area contributed by atoms with Crippen molar-refractivity contribution in [2.24, 2.45) is 7.05 Å². The molecule has 0 aliphatic carbocycles. The summed E-state index contributed by atoms with van der Waals surface area (Å²) >= 11 is 0. The summed E-state index contributed by atoms with van der Waals surface area (Å²) in [7, 11) is 1.82. The lowest BCUT2D eigenvalue weighted by Gasteiger charge is -2.12. The van der Waals surface area contributed by atoms with Gasteiger partial charge in [-0.15, -0.1) is 0 Å². The maximum Gasteiger partial charge on any atom is 0.326 e. The van der Waals surface area contributed by atoms with Crippen LogP contribution in [0.15, 0.2) is 12.3 Å². The van der Waals surface area contributed by atoms with E-state index in [4.69, 9.17) is 5.11 Å². The third kappa shape index (κ3) is 4.44. The molecule has 0 radical (unpaired) electrons. The summed E-state index contributed by atoms with van der Waals surface area (Å²) < 4.78 is 1.69. The van der Waals surface area contributed by atoms with Crippen LogP contribution in [0.25, 0.3) is 0 Å². The summed E-state index contributed by atoms with van der Waals surface area (Å²) in [6.45, 7) is 2.12. The number of hydrogen-bond acceptors (Lipinski definition) is 3. The molecule has 0 fully saturated rings. The van der Waals surface area contributed by atoms with Crippen molar-refractivity contribution in [3.05, 3.63) is 18.0 Å². The van der Waals surface area contributed by atoms with Crippen molar-refractivity contribution >= 4 is 12.0 Å². The van der Waals surface area contributed by atoms with Crippen LogP contribution in [0.4, 0.5) is 4.79 Å². The van der Waals surface area contributed by atoms with Crippen molar-refractivity contribution < 1.29 is 14.7 Å². The number of aliphatic carboxylic acids is 1. The number of carboxylic acid groups (broad SMARTS) is 1. The zero-order chi connectivity index (χ0) is 13.5. The highest BCUT2D eigenvalue weighted by molar-refractivity contribution is 5.82. The highest BCUT2D eigenvalue weighted by Gasteiger charge is 2.16. The standard InChI is InChI=1S/C11H18N4O3/c1-3-9(10(16)17)13-11(18)12-6-4-8-5-7-15(2)14-8/h5,7,9H,3-4,6H2,1-2H3,(H,16,17)(H2,12,13,18)/t9-/m0/s1. The van der Waals surface area contributed by atoms with Crippen LogP contribution in [0.1, 0.15) is 19.0 Å². The lowest BCUT2D eigenvalue weighted by Crippen LogP contribution is -2.46. The lowest BCUT2D eigenvalue weighted by molar-refractivity contribution is -0.139. The van der Waals surface area contributed by atoms with Crippen molar-refractivity contribution in [1.82, 2.24) is 20.4 Å². The summed E-state index contributed by atoms with van der Waals surface area (Å²) in [4.78, 5) is 22.1. The molecule has 0 aromatic carbocycles. The van der Waals surface area contributed by atoms with Gasteiger partial charge < -0.3 is 15.7 Å². The van der Waals surface area contributed by atoms with Crippen LogP contribution in [0.2, 0.25) is 0 Å². The third-order valence-corrected chi connectivity index (χ3v) is 2.45. The third-order valence-electron chi connectivity index (χ3n) is 2.45. The zero-order valence-corrected chi connectivity index (χ0v) is 10.5. The van der Waals surface area contributed by atoms with Crippen molar-refractivity contribution in [3.8, 4) is 0 Å². The molecule has 100 valence electrons. The van der Waals surface area contributed by atoms with E-state index in [1.54, 1.807) is 11.6 Å². The second kappa shape index (κ2) is 6.63. The van der Waals surface area contributed by atoms with E-state index >= 15 is 0 Å². The molecule has 2 amide bonds. The molecule has 0 saturated heterocycles. The molecule has 7 heteroatoms. The first-order valence-electron chi connectivity index (χ1n) is 5.78. The average Bonchev–Trinajstić information content (AvgIpc) is 2.71. The molecule has 18 heavy (non-hydrogen) atoms. The van der Waals surface area contributed by atoms with Gasteiger partial charge >= 0.3 is 12.0 Å². The first-order chi connectivity index (χ1) is 8.52. The van der Waals surface area contributed by atoms with Crippen molar-refractivity contribution in [3.63, 3.8) is 0 Å². The highest BCUT2D eigenvalue weighted by Crippen LogP contribution is 1.94. The van der Waals surface area contributed by atoms with Gasteiger partial charge in [-0.1, -0.05) is 6.92 Å². The van der Waals surface area contributed by atoms with E-state index in [-0.39, 0.29) is 0 Å². The highest BCUT2D eigenvalue weighted by atomic mass is 16.4. The largest absolute Gasteiger partial charge is 0.480 e. The van der Waals surface area contributed by atoms with Crippen LogP contribution in [0.3, 0.4) is 0 Å². The number of amides is 2. The van der Waals surface area contributed by atoms with E-state index in [9.17, 15) is 9.59 Å². The molecule has 0 aliphatic rings. The van der Waals surface area contributed by atoms with Crippen LogP contribution >= 0.6 is 0 Å². The van der Waals surface area contributed by atoms with Gasteiger partial charge in [0.15, 0.2) is 0 Å². The molecule has 1 rings (SSSR count). The fraction of sp³-hybridized carbons (Fsp3) is 0.545. The molecule has 0 unspecified atom stereocenters. The molecular weight excluding hydrogens is 236 g/mol. The van der Waals surface area contributed by atoms with Crippen LogP contribution in [0, 0.1) is 0 Å². The second-order valence-corrected chi connectivity index (χ2v) is 3.93. The number of aryl methyl sites for hydroxylation is 1. The minimum atomic E-state index is -1.03. The molecule has 0 bridgehead atoms. The molecule has 7 nitrogen and oxygen atoms in total. The number of nitrogens with zero attached hydrogens (tertiary/aromatic N) is 2. The number of carboxylic acids is 1. The number of hydrogen-bond donors (Lipinski definition) is 3. The number of nitrogens with one attached hydrogen (secondary N) is 2. The van der Waals surface area contributed by atoms with E-state index in [0.717, 1.165) is 5.69 Å². The second-order valence-electron chi connectivity index (χ2n) is 3.93.